The van der Waals surface area contributed by atoms with E-state index in [0.29, 0.717) is 18.7 Å². The molecule has 1 aromatic carbocycles. The maximum atomic E-state index is 11.8. The number of amides is 1. The second kappa shape index (κ2) is 15.7. The molecule has 0 aliphatic carbocycles. The second-order valence-corrected chi connectivity index (χ2v) is 7.79. The quantitative estimate of drug-likeness (QED) is 0.134. The third kappa shape index (κ3) is 14.6. The molecule has 3 N–H and O–H groups in total. The van der Waals surface area contributed by atoms with Crippen molar-refractivity contribution in [3.63, 3.8) is 0 Å². The summed E-state index contributed by atoms with van der Waals surface area (Å²) in [5.74, 6) is 0.579. The third-order valence-corrected chi connectivity index (χ3v) is 3.94. The van der Waals surface area contributed by atoms with Crippen molar-refractivity contribution in [2.24, 2.45) is 4.99 Å². The minimum atomic E-state index is -0.525. The molecule has 0 saturated heterocycles. The van der Waals surface area contributed by atoms with E-state index < -0.39 is 11.7 Å². The van der Waals surface area contributed by atoms with Gasteiger partial charge < -0.3 is 20.1 Å². The SMILES string of the molecule is CCNC(=NCCCCC(=O)OC)NCCc1ccc(NC(=O)OC(C)(C)C)cc1.I. The van der Waals surface area contributed by atoms with E-state index in [4.69, 9.17) is 4.74 Å². The van der Waals surface area contributed by atoms with Crippen LogP contribution in [0.25, 0.3) is 0 Å². The fraction of sp³-hybridized carbons (Fsp3) is 0.591. The Kier molecular flexibility index (Phi) is 14.7. The highest BCUT2D eigenvalue weighted by Gasteiger charge is 2.16. The van der Waals surface area contributed by atoms with E-state index in [1.165, 1.54) is 7.11 Å². The van der Waals surface area contributed by atoms with Crippen LogP contribution in [0.5, 0.6) is 0 Å². The minimum absolute atomic E-state index is 0. The van der Waals surface area contributed by atoms with Crippen LogP contribution in [0.4, 0.5) is 10.5 Å². The van der Waals surface area contributed by atoms with Crippen molar-refractivity contribution in [1.82, 2.24) is 10.6 Å². The lowest BCUT2D eigenvalue weighted by molar-refractivity contribution is -0.140. The summed E-state index contributed by atoms with van der Waals surface area (Å²) >= 11 is 0. The van der Waals surface area contributed by atoms with E-state index in [-0.39, 0.29) is 29.9 Å². The first-order valence-corrected chi connectivity index (χ1v) is 10.4. The number of rotatable bonds is 10. The molecule has 0 aliphatic rings. The number of hydrogen-bond donors (Lipinski definition) is 3. The lowest BCUT2D eigenvalue weighted by atomic mass is 10.1. The molecule has 0 fully saturated rings. The molecule has 0 aliphatic heterocycles. The van der Waals surface area contributed by atoms with E-state index >= 15 is 0 Å². The highest BCUT2D eigenvalue weighted by atomic mass is 127. The van der Waals surface area contributed by atoms with E-state index in [1.54, 1.807) is 0 Å². The number of nitrogens with one attached hydrogen (secondary N) is 3. The van der Waals surface area contributed by atoms with Crippen molar-refractivity contribution in [3.8, 4) is 0 Å². The summed E-state index contributed by atoms with van der Waals surface area (Å²) in [6.07, 6.45) is 2.38. The van der Waals surface area contributed by atoms with Crippen LogP contribution in [-0.4, -0.2) is 50.4 Å². The smallest absolute Gasteiger partial charge is 0.412 e. The molecule has 1 aromatic rings. The number of anilines is 1. The summed E-state index contributed by atoms with van der Waals surface area (Å²) in [6, 6.07) is 7.68. The first-order valence-electron chi connectivity index (χ1n) is 10.4. The Morgan fingerprint density at radius 3 is 2.32 bits per heavy atom. The predicted octanol–water partition coefficient (Wildman–Crippen LogP) is 4.09. The summed E-state index contributed by atoms with van der Waals surface area (Å²) in [5, 5.41) is 9.25. The Balaban J connectivity index is 0.00000900. The molecule has 1 amide bonds. The average molecular weight is 548 g/mol. The van der Waals surface area contributed by atoms with Gasteiger partial charge in [0.05, 0.1) is 7.11 Å². The molecular formula is C22H37IN4O4. The zero-order valence-electron chi connectivity index (χ0n) is 19.2. The highest BCUT2D eigenvalue weighted by molar-refractivity contribution is 14.0. The number of aliphatic imine (C=N–C) groups is 1. The Hall–Kier alpha value is -2.04. The zero-order chi connectivity index (χ0) is 22.4. The summed E-state index contributed by atoms with van der Waals surface area (Å²) in [5.41, 5.74) is 1.32. The number of unbranched alkanes of at least 4 members (excludes halogenated alkanes) is 1. The van der Waals surface area contributed by atoms with Gasteiger partial charge in [-0.25, -0.2) is 4.79 Å². The van der Waals surface area contributed by atoms with Crippen LogP contribution in [0.15, 0.2) is 29.3 Å². The molecule has 0 aromatic heterocycles. The molecule has 0 spiro atoms. The van der Waals surface area contributed by atoms with Gasteiger partial charge in [-0.2, -0.15) is 0 Å². The van der Waals surface area contributed by atoms with E-state index in [9.17, 15) is 9.59 Å². The van der Waals surface area contributed by atoms with Gasteiger partial charge in [0.15, 0.2) is 5.96 Å². The molecule has 31 heavy (non-hydrogen) atoms. The molecule has 176 valence electrons. The molecule has 0 unspecified atom stereocenters. The van der Waals surface area contributed by atoms with Gasteiger partial charge in [0.25, 0.3) is 0 Å². The van der Waals surface area contributed by atoms with Crippen LogP contribution in [0.1, 0.15) is 52.5 Å². The van der Waals surface area contributed by atoms with E-state index in [0.717, 1.165) is 43.9 Å². The molecule has 1 rings (SSSR count). The standard InChI is InChI=1S/C22H36N4O4.HI/c1-6-23-20(24-15-8-7-9-19(27)29-5)25-16-14-17-10-12-18(13-11-17)26-21(28)30-22(2,3)4;/h10-13H,6-9,14-16H2,1-5H3,(H,26,28)(H2,23,24,25);1H. The monoisotopic (exact) mass is 548 g/mol. The molecule has 8 nitrogen and oxygen atoms in total. The van der Waals surface area contributed by atoms with Crippen molar-refractivity contribution in [2.45, 2.75) is 59.0 Å². The number of hydrogen-bond acceptors (Lipinski definition) is 5. The van der Waals surface area contributed by atoms with Crippen LogP contribution in [0.2, 0.25) is 0 Å². The molecule has 0 atom stereocenters. The van der Waals surface area contributed by atoms with Gasteiger partial charge in [0.2, 0.25) is 0 Å². The Labute approximate surface area is 203 Å². The van der Waals surface area contributed by atoms with Crippen molar-refractivity contribution in [1.29, 1.82) is 0 Å². The fourth-order valence-electron chi connectivity index (χ4n) is 2.52. The highest BCUT2D eigenvalue weighted by Crippen LogP contribution is 2.13. The van der Waals surface area contributed by atoms with Crippen LogP contribution >= 0.6 is 24.0 Å². The Morgan fingerprint density at radius 1 is 1.06 bits per heavy atom. The number of halogens is 1. The fourth-order valence-corrected chi connectivity index (χ4v) is 2.52. The number of methoxy groups -OCH3 is 1. The number of esters is 1. The number of benzene rings is 1. The van der Waals surface area contributed by atoms with Crippen molar-refractivity contribution < 1.29 is 19.1 Å². The lowest BCUT2D eigenvalue weighted by Gasteiger charge is -2.19. The van der Waals surface area contributed by atoms with Gasteiger partial charge in [-0.3, -0.25) is 15.1 Å². The van der Waals surface area contributed by atoms with Crippen LogP contribution in [0, 0.1) is 0 Å². The normalized spacial score (nSPS) is 11.2. The van der Waals surface area contributed by atoms with Gasteiger partial charge in [-0.1, -0.05) is 12.1 Å². The van der Waals surface area contributed by atoms with Crippen LogP contribution < -0.4 is 16.0 Å². The van der Waals surface area contributed by atoms with Gasteiger partial charge in [0.1, 0.15) is 5.60 Å². The summed E-state index contributed by atoms with van der Waals surface area (Å²) < 4.78 is 9.88. The Bertz CT molecular complexity index is 688. The lowest BCUT2D eigenvalue weighted by Crippen LogP contribution is -2.38. The number of ether oxygens (including phenoxy) is 2. The topological polar surface area (TPSA) is 101 Å². The summed E-state index contributed by atoms with van der Waals surface area (Å²) in [6.45, 7) is 9.66. The van der Waals surface area contributed by atoms with E-state index in [2.05, 4.69) is 25.7 Å². The van der Waals surface area contributed by atoms with Gasteiger partial charge in [-0.15, -0.1) is 24.0 Å². The third-order valence-electron chi connectivity index (χ3n) is 3.94. The number of nitrogens with zero attached hydrogens (tertiary/aromatic N) is 1. The molecule has 0 bridgehead atoms. The number of carbonyl (C=O) groups excluding carboxylic acids is 2. The van der Waals surface area contributed by atoms with Gasteiger partial charge in [-0.05, 0) is 64.7 Å². The maximum Gasteiger partial charge on any atom is 0.412 e. The first-order chi connectivity index (χ1) is 14.2. The van der Waals surface area contributed by atoms with Crippen molar-refractivity contribution >= 4 is 47.7 Å². The molecular weight excluding hydrogens is 511 g/mol. The van der Waals surface area contributed by atoms with Gasteiger partial charge >= 0.3 is 12.1 Å². The van der Waals surface area contributed by atoms with Crippen LogP contribution in [-0.2, 0) is 20.7 Å². The molecule has 0 heterocycles. The zero-order valence-corrected chi connectivity index (χ0v) is 21.6. The average Bonchev–Trinajstić information content (AvgIpc) is 2.67. The number of guanidine groups is 1. The maximum absolute atomic E-state index is 11.8. The van der Waals surface area contributed by atoms with Gasteiger partial charge in [0, 0.05) is 31.7 Å². The summed E-state index contributed by atoms with van der Waals surface area (Å²) in [7, 11) is 1.40. The number of carbonyl (C=O) groups is 2. The summed E-state index contributed by atoms with van der Waals surface area (Å²) in [4.78, 5) is 27.4. The second-order valence-electron chi connectivity index (χ2n) is 7.79. The van der Waals surface area contributed by atoms with Crippen molar-refractivity contribution in [2.75, 3.05) is 32.1 Å². The van der Waals surface area contributed by atoms with E-state index in [1.807, 2.05) is 52.0 Å². The Morgan fingerprint density at radius 2 is 1.74 bits per heavy atom. The van der Waals surface area contributed by atoms with Crippen LogP contribution in [0.3, 0.4) is 0 Å². The predicted molar refractivity (Wildman–Crippen MR) is 135 cm³/mol. The molecule has 0 saturated carbocycles. The first kappa shape index (κ1) is 29.0. The largest absolute Gasteiger partial charge is 0.469 e. The van der Waals surface area contributed by atoms with Crippen molar-refractivity contribution in [3.05, 3.63) is 29.8 Å². The minimum Gasteiger partial charge on any atom is -0.469 e. The molecule has 9 heteroatoms. The molecule has 0 radical (unpaired) electrons.